The fourth-order valence-corrected chi connectivity index (χ4v) is 1.38. The minimum Gasteiger partial charge on any atom is -0.481 e. The van der Waals surface area contributed by atoms with Crippen LogP contribution >= 0.6 is 0 Å². The standard InChI is InChI=1S/C6H13N.C5H10O2/c1-7-5-3-2-4-6-7;1-2-3-4-5(6)7/h2-6H2,1H3;2-4H2,1H3,(H,6,7). The Morgan fingerprint density at radius 2 is 1.86 bits per heavy atom. The maximum Gasteiger partial charge on any atom is 0.303 e. The van der Waals surface area contributed by atoms with E-state index in [-0.39, 0.29) is 0 Å². The first-order valence-electron chi connectivity index (χ1n) is 5.57. The lowest BCUT2D eigenvalue weighted by Crippen LogP contribution is -2.24. The fraction of sp³-hybridized carbons (Fsp3) is 0.909. The lowest BCUT2D eigenvalue weighted by Gasteiger charge is -2.20. The molecule has 0 aromatic heterocycles. The Balaban J connectivity index is 0.000000241. The highest BCUT2D eigenvalue weighted by molar-refractivity contribution is 5.66. The van der Waals surface area contributed by atoms with Crippen LogP contribution in [0, 0.1) is 0 Å². The predicted octanol–water partition coefficient (Wildman–Crippen LogP) is 2.36. The van der Waals surface area contributed by atoms with Gasteiger partial charge in [0.15, 0.2) is 0 Å². The maximum atomic E-state index is 9.76. The van der Waals surface area contributed by atoms with Gasteiger partial charge in [0.2, 0.25) is 0 Å². The summed E-state index contributed by atoms with van der Waals surface area (Å²) in [5, 5.41) is 8.04. The van der Waals surface area contributed by atoms with Crippen LogP contribution in [0.3, 0.4) is 0 Å². The fourth-order valence-electron chi connectivity index (χ4n) is 1.38. The van der Waals surface area contributed by atoms with E-state index in [2.05, 4.69) is 11.9 Å². The summed E-state index contributed by atoms with van der Waals surface area (Å²) in [5.41, 5.74) is 0. The third-order valence-corrected chi connectivity index (χ3v) is 2.32. The number of aliphatic carboxylic acids is 1. The van der Waals surface area contributed by atoms with Gasteiger partial charge in [0.05, 0.1) is 0 Å². The van der Waals surface area contributed by atoms with E-state index in [4.69, 9.17) is 5.11 Å². The molecule has 0 unspecified atom stereocenters. The molecular formula is C11H23NO2. The van der Waals surface area contributed by atoms with Crippen LogP contribution < -0.4 is 0 Å². The molecule has 1 saturated heterocycles. The van der Waals surface area contributed by atoms with Gasteiger partial charge in [-0.3, -0.25) is 4.79 Å². The number of unbranched alkanes of at least 4 members (excludes halogenated alkanes) is 1. The molecule has 1 aliphatic rings. The first-order valence-corrected chi connectivity index (χ1v) is 5.57. The first-order chi connectivity index (χ1) is 6.66. The molecule has 1 aliphatic heterocycles. The highest BCUT2D eigenvalue weighted by Crippen LogP contribution is 2.04. The van der Waals surface area contributed by atoms with Crippen molar-refractivity contribution in [1.29, 1.82) is 0 Å². The summed E-state index contributed by atoms with van der Waals surface area (Å²) in [4.78, 5) is 12.2. The van der Waals surface area contributed by atoms with Crippen molar-refractivity contribution in [2.24, 2.45) is 0 Å². The third-order valence-electron chi connectivity index (χ3n) is 2.32. The Morgan fingerprint density at radius 3 is 2.07 bits per heavy atom. The van der Waals surface area contributed by atoms with Crippen LogP contribution in [0.4, 0.5) is 0 Å². The van der Waals surface area contributed by atoms with E-state index in [0.717, 1.165) is 12.8 Å². The number of carbonyl (C=O) groups is 1. The number of carboxylic acids is 1. The number of carboxylic acid groups (broad SMARTS) is 1. The molecule has 1 rings (SSSR count). The summed E-state index contributed by atoms with van der Waals surface area (Å²) < 4.78 is 0. The van der Waals surface area contributed by atoms with Crippen molar-refractivity contribution in [3.05, 3.63) is 0 Å². The largest absolute Gasteiger partial charge is 0.481 e. The van der Waals surface area contributed by atoms with E-state index >= 15 is 0 Å². The van der Waals surface area contributed by atoms with Gasteiger partial charge < -0.3 is 10.0 Å². The average Bonchev–Trinajstić information content (AvgIpc) is 2.17. The van der Waals surface area contributed by atoms with Crippen molar-refractivity contribution < 1.29 is 9.90 Å². The molecule has 0 bridgehead atoms. The van der Waals surface area contributed by atoms with Gasteiger partial charge in [-0.15, -0.1) is 0 Å². The Labute approximate surface area is 87.1 Å². The molecule has 0 amide bonds. The molecule has 0 spiro atoms. The summed E-state index contributed by atoms with van der Waals surface area (Å²) in [6.45, 7) is 4.61. The van der Waals surface area contributed by atoms with Crippen molar-refractivity contribution in [3.63, 3.8) is 0 Å². The summed E-state index contributed by atoms with van der Waals surface area (Å²) in [6.07, 6.45) is 6.36. The Bertz CT molecular complexity index is 142. The van der Waals surface area contributed by atoms with Gasteiger partial charge in [-0.2, -0.15) is 0 Å². The second-order valence-corrected chi connectivity index (χ2v) is 3.86. The number of rotatable bonds is 3. The van der Waals surface area contributed by atoms with Crippen molar-refractivity contribution in [2.45, 2.75) is 45.4 Å². The Hall–Kier alpha value is -0.570. The van der Waals surface area contributed by atoms with Crippen molar-refractivity contribution in [1.82, 2.24) is 4.90 Å². The minimum absolute atomic E-state index is 0.316. The van der Waals surface area contributed by atoms with Gasteiger partial charge in [0.1, 0.15) is 0 Å². The smallest absolute Gasteiger partial charge is 0.303 e. The molecular weight excluding hydrogens is 178 g/mol. The summed E-state index contributed by atoms with van der Waals surface area (Å²) >= 11 is 0. The Kier molecular flexibility index (Phi) is 8.64. The summed E-state index contributed by atoms with van der Waals surface area (Å²) in [5.74, 6) is -0.693. The van der Waals surface area contributed by atoms with E-state index in [0.29, 0.717) is 6.42 Å². The van der Waals surface area contributed by atoms with Crippen LogP contribution in [0.15, 0.2) is 0 Å². The van der Waals surface area contributed by atoms with Crippen LogP contribution in [-0.4, -0.2) is 36.1 Å². The lowest BCUT2D eigenvalue weighted by atomic mass is 10.1. The van der Waals surface area contributed by atoms with Gasteiger partial charge in [-0.25, -0.2) is 0 Å². The van der Waals surface area contributed by atoms with Crippen molar-refractivity contribution in [3.8, 4) is 0 Å². The molecule has 0 radical (unpaired) electrons. The topological polar surface area (TPSA) is 40.5 Å². The molecule has 0 aliphatic carbocycles. The summed E-state index contributed by atoms with van der Waals surface area (Å²) in [7, 11) is 2.19. The van der Waals surface area contributed by atoms with Crippen LogP contribution in [0.5, 0.6) is 0 Å². The highest BCUT2D eigenvalue weighted by Gasteiger charge is 2.02. The molecule has 0 aromatic carbocycles. The summed E-state index contributed by atoms with van der Waals surface area (Å²) in [6, 6.07) is 0. The maximum absolute atomic E-state index is 9.76. The lowest BCUT2D eigenvalue weighted by molar-refractivity contribution is -0.137. The van der Waals surface area contributed by atoms with E-state index in [1.807, 2.05) is 6.92 Å². The molecule has 14 heavy (non-hydrogen) atoms. The number of hydrogen-bond donors (Lipinski definition) is 1. The molecule has 0 aromatic rings. The molecule has 0 atom stereocenters. The monoisotopic (exact) mass is 201 g/mol. The molecule has 1 heterocycles. The number of piperidine rings is 1. The molecule has 3 heteroatoms. The molecule has 1 fully saturated rings. The van der Waals surface area contributed by atoms with Crippen molar-refractivity contribution in [2.75, 3.05) is 20.1 Å². The van der Waals surface area contributed by atoms with Gasteiger partial charge in [-0.05, 0) is 39.4 Å². The Morgan fingerprint density at radius 1 is 1.29 bits per heavy atom. The van der Waals surface area contributed by atoms with Crippen LogP contribution in [0.1, 0.15) is 45.4 Å². The normalized spacial score (nSPS) is 17.0. The third kappa shape index (κ3) is 9.52. The van der Waals surface area contributed by atoms with E-state index < -0.39 is 5.97 Å². The van der Waals surface area contributed by atoms with Gasteiger partial charge in [-0.1, -0.05) is 19.8 Å². The SMILES string of the molecule is CCCCC(=O)O.CN1CCCCC1. The van der Waals surface area contributed by atoms with Gasteiger partial charge in [0, 0.05) is 6.42 Å². The van der Waals surface area contributed by atoms with Gasteiger partial charge >= 0.3 is 5.97 Å². The number of hydrogen-bond acceptors (Lipinski definition) is 2. The van der Waals surface area contributed by atoms with Crippen molar-refractivity contribution >= 4 is 5.97 Å². The van der Waals surface area contributed by atoms with Crippen LogP contribution in [-0.2, 0) is 4.79 Å². The zero-order chi connectivity index (χ0) is 10.8. The minimum atomic E-state index is -0.693. The van der Waals surface area contributed by atoms with E-state index in [9.17, 15) is 4.79 Å². The average molecular weight is 201 g/mol. The highest BCUT2D eigenvalue weighted by atomic mass is 16.4. The second kappa shape index (κ2) is 9.00. The zero-order valence-corrected chi connectivity index (χ0v) is 9.46. The van der Waals surface area contributed by atoms with Gasteiger partial charge in [0.25, 0.3) is 0 Å². The molecule has 3 nitrogen and oxygen atoms in total. The first kappa shape index (κ1) is 13.4. The number of nitrogens with zero attached hydrogens (tertiary/aromatic N) is 1. The van der Waals surface area contributed by atoms with Crippen LogP contribution in [0.25, 0.3) is 0 Å². The second-order valence-electron chi connectivity index (χ2n) is 3.86. The van der Waals surface area contributed by atoms with E-state index in [1.54, 1.807) is 0 Å². The molecule has 0 saturated carbocycles. The zero-order valence-electron chi connectivity index (χ0n) is 9.46. The quantitative estimate of drug-likeness (QED) is 0.762. The molecule has 1 N–H and O–H groups in total. The number of likely N-dealkylation sites (tertiary alicyclic amines) is 1. The van der Waals surface area contributed by atoms with E-state index in [1.165, 1.54) is 32.4 Å². The van der Waals surface area contributed by atoms with Crippen LogP contribution in [0.2, 0.25) is 0 Å². The molecule has 84 valence electrons. The predicted molar refractivity (Wildman–Crippen MR) is 58.5 cm³/mol.